The van der Waals surface area contributed by atoms with Crippen molar-refractivity contribution in [1.82, 2.24) is 0 Å². The summed E-state index contributed by atoms with van der Waals surface area (Å²) in [4.78, 5) is 14.7. The minimum absolute atomic E-state index is 0.202. The lowest BCUT2D eigenvalue weighted by molar-refractivity contribution is -0.142. The topological polar surface area (TPSA) is 47.9 Å². The number of aliphatic imine (C=N–C) groups is 1. The van der Waals surface area contributed by atoms with Crippen LogP contribution in [0.5, 0.6) is 0 Å². The van der Waals surface area contributed by atoms with Crippen LogP contribution in [0.2, 0.25) is 0 Å². The molecule has 1 aliphatic heterocycles. The summed E-state index contributed by atoms with van der Waals surface area (Å²) in [5.41, 5.74) is 0. The van der Waals surface area contributed by atoms with E-state index in [0.29, 0.717) is 5.90 Å². The number of hydrogen-bond acceptors (Lipinski definition) is 4. The zero-order valence-electron chi connectivity index (χ0n) is 6.04. The summed E-state index contributed by atoms with van der Waals surface area (Å²) in [6, 6.07) is -0.520. The van der Waals surface area contributed by atoms with E-state index in [-0.39, 0.29) is 18.5 Å². The quantitative estimate of drug-likeness (QED) is 0.447. The lowest BCUT2D eigenvalue weighted by atomic mass is 10.3. The average molecular weight is 178 g/mol. The first-order chi connectivity index (χ1) is 5.27. The van der Waals surface area contributed by atoms with Gasteiger partial charge >= 0.3 is 5.97 Å². The number of hydrogen-bond donors (Lipinski definition) is 0. The molecule has 0 unspecified atom stereocenters. The first kappa shape index (κ1) is 8.33. The molecule has 0 aromatic rings. The fraction of sp³-hybridized carbons (Fsp3) is 0.667. The van der Waals surface area contributed by atoms with Crippen molar-refractivity contribution < 1.29 is 14.3 Å². The van der Waals surface area contributed by atoms with E-state index in [9.17, 15) is 4.79 Å². The van der Waals surface area contributed by atoms with E-state index in [1.165, 1.54) is 7.11 Å². The van der Waals surface area contributed by atoms with Crippen molar-refractivity contribution in [1.29, 1.82) is 0 Å². The fourth-order valence-electron chi connectivity index (χ4n) is 0.753. The molecular formula is C6H8ClNO3. The van der Waals surface area contributed by atoms with Gasteiger partial charge in [0.2, 0.25) is 0 Å². The van der Waals surface area contributed by atoms with Crippen molar-refractivity contribution in [3.05, 3.63) is 0 Å². The molecule has 1 rings (SSSR count). The second kappa shape index (κ2) is 3.57. The molecule has 1 aliphatic rings. The molecule has 0 bridgehead atoms. The van der Waals surface area contributed by atoms with Gasteiger partial charge in [-0.3, -0.25) is 0 Å². The molecule has 5 heteroatoms. The zero-order valence-corrected chi connectivity index (χ0v) is 6.80. The van der Waals surface area contributed by atoms with Gasteiger partial charge in [0.05, 0.1) is 13.0 Å². The minimum atomic E-state index is -0.520. The molecule has 62 valence electrons. The number of halogens is 1. The maximum atomic E-state index is 10.8. The van der Waals surface area contributed by atoms with Crippen LogP contribution >= 0.6 is 11.6 Å². The number of nitrogens with zero attached hydrogens (tertiary/aromatic N) is 1. The maximum Gasteiger partial charge on any atom is 0.334 e. The summed E-state index contributed by atoms with van der Waals surface area (Å²) < 4.78 is 9.41. The lowest BCUT2D eigenvalue weighted by Gasteiger charge is -1.99. The Morgan fingerprint density at radius 3 is 3.18 bits per heavy atom. The predicted octanol–water partition coefficient (Wildman–Crippen LogP) is 0.195. The number of carbonyl (C=O) groups excluding carboxylic acids is 1. The molecule has 0 radical (unpaired) electrons. The van der Waals surface area contributed by atoms with Gasteiger partial charge in [0.1, 0.15) is 6.61 Å². The van der Waals surface area contributed by atoms with E-state index >= 15 is 0 Å². The second-order valence-corrected chi connectivity index (χ2v) is 2.27. The van der Waals surface area contributed by atoms with Crippen LogP contribution in [-0.4, -0.2) is 37.5 Å². The molecule has 0 aromatic carbocycles. The van der Waals surface area contributed by atoms with Crippen molar-refractivity contribution in [3.63, 3.8) is 0 Å². The molecule has 0 saturated carbocycles. The number of methoxy groups -OCH3 is 1. The molecule has 1 heterocycles. The third-order valence-corrected chi connectivity index (χ3v) is 1.52. The van der Waals surface area contributed by atoms with Gasteiger partial charge in [0.25, 0.3) is 0 Å². The normalized spacial score (nSPS) is 22.4. The van der Waals surface area contributed by atoms with Gasteiger partial charge in [-0.2, -0.15) is 0 Å². The van der Waals surface area contributed by atoms with Crippen LogP contribution in [0, 0.1) is 0 Å². The van der Waals surface area contributed by atoms with Crippen LogP contribution in [0.25, 0.3) is 0 Å². The molecule has 11 heavy (non-hydrogen) atoms. The van der Waals surface area contributed by atoms with Crippen LogP contribution in [0.3, 0.4) is 0 Å². The van der Waals surface area contributed by atoms with Gasteiger partial charge in [-0.1, -0.05) is 0 Å². The molecule has 0 saturated heterocycles. The molecule has 0 spiro atoms. The Morgan fingerprint density at radius 1 is 2.00 bits per heavy atom. The van der Waals surface area contributed by atoms with Crippen LogP contribution in [0.4, 0.5) is 0 Å². The van der Waals surface area contributed by atoms with Crippen LogP contribution < -0.4 is 0 Å². The van der Waals surface area contributed by atoms with Crippen molar-refractivity contribution >= 4 is 23.5 Å². The van der Waals surface area contributed by atoms with Gasteiger partial charge in [0.15, 0.2) is 11.9 Å². The Bertz CT molecular complexity index is 192. The van der Waals surface area contributed by atoms with Crippen molar-refractivity contribution in [2.45, 2.75) is 6.04 Å². The summed E-state index contributed by atoms with van der Waals surface area (Å²) in [5.74, 6) is 0.222. The Balaban J connectivity index is 2.52. The number of rotatable bonds is 2. The van der Waals surface area contributed by atoms with Crippen LogP contribution in [-0.2, 0) is 14.3 Å². The van der Waals surface area contributed by atoms with Crippen molar-refractivity contribution in [2.24, 2.45) is 4.99 Å². The Hall–Kier alpha value is -0.770. The average Bonchev–Trinajstić information content (AvgIpc) is 2.50. The summed E-state index contributed by atoms with van der Waals surface area (Å²) in [6.07, 6.45) is 0. The van der Waals surface area contributed by atoms with E-state index < -0.39 is 6.04 Å². The Labute approximate surface area is 69.1 Å². The van der Waals surface area contributed by atoms with Gasteiger partial charge in [-0.25, -0.2) is 9.79 Å². The molecule has 1 atom stereocenters. The van der Waals surface area contributed by atoms with Gasteiger partial charge in [-0.15, -0.1) is 11.6 Å². The van der Waals surface area contributed by atoms with Crippen molar-refractivity contribution in [3.8, 4) is 0 Å². The van der Waals surface area contributed by atoms with Gasteiger partial charge in [-0.05, 0) is 0 Å². The highest BCUT2D eigenvalue weighted by Gasteiger charge is 2.25. The largest absolute Gasteiger partial charge is 0.477 e. The highest BCUT2D eigenvalue weighted by molar-refractivity contribution is 6.27. The highest BCUT2D eigenvalue weighted by Crippen LogP contribution is 2.06. The van der Waals surface area contributed by atoms with Crippen LogP contribution in [0.1, 0.15) is 0 Å². The van der Waals surface area contributed by atoms with E-state index in [1.807, 2.05) is 0 Å². The molecular weight excluding hydrogens is 170 g/mol. The first-order valence-electron chi connectivity index (χ1n) is 3.11. The molecule has 0 fully saturated rings. The third-order valence-electron chi connectivity index (χ3n) is 1.30. The fourth-order valence-corrected chi connectivity index (χ4v) is 0.899. The predicted molar refractivity (Wildman–Crippen MR) is 39.9 cm³/mol. The van der Waals surface area contributed by atoms with Gasteiger partial charge in [0, 0.05) is 0 Å². The SMILES string of the molecule is COC(=O)[C@@H]1COC(CCl)=N1. The smallest absolute Gasteiger partial charge is 0.334 e. The van der Waals surface area contributed by atoms with E-state index in [0.717, 1.165) is 0 Å². The highest BCUT2D eigenvalue weighted by atomic mass is 35.5. The standard InChI is InChI=1S/C6H8ClNO3/c1-10-6(9)4-3-11-5(2-7)8-4/h4H,2-3H2,1H3/t4-/m0/s1. The molecule has 0 N–H and O–H groups in total. The van der Waals surface area contributed by atoms with E-state index in [1.54, 1.807) is 0 Å². The molecule has 0 amide bonds. The summed E-state index contributed by atoms with van der Waals surface area (Å²) in [5, 5.41) is 0. The zero-order chi connectivity index (χ0) is 8.27. The maximum absolute atomic E-state index is 10.8. The Morgan fingerprint density at radius 2 is 2.73 bits per heavy atom. The number of carbonyl (C=O) groups is 1. The van der Waals surface area contributed by atoms with E-state index in [4.69, 9.17) is 16.3 Å². The Kier molecular flexibility index (Phi) is 2.70. The van der Waals surface area contributed by atoms with Crippen molar-refractivity contribution in [2.75, 3.05) is 19.6 Å². The van der Waals surface area contributed by atoms with E-state index in [2.05, 4.69) is 9.73 Å². The third kappa shape index (κ3) is 1.83. The monoisotopic (exact) mass is 177 g/mol. The lowest BCUT2D eigenvalue weighted by Crippen LogP contribution is -2.21. The second-order valence-electron chi connectivity index (χ2n) is 2.01. The first-order valence-corrected chi connectivity index (χ1v) is 3.64. The molecule has 0 aliphatic carbocycles. The number of alkyl halides is 1. The van der Waals surface area contributed by atoms with Crippen LogP contribution in [0.15, 0.2) is 4.99 Å². The minimum Gasteiger partial charge on any atom is -0.477 e. The summed E-state index contributed by atoms with van der Waals surface area (Å²) in [7, 11) is 1.32. The number of esters is 1. The van der Waals surface area contributed by atoms with Gasteiger partial charge < -0.3 is 9.47 Å². The molecule has 0 aromatic heterocycles. The number of ether oxygens (including phenoxy) is 2. The summed E-state index contributed by atoms with van der Waals surface area (Å²) >= 11 is 5.41. The molecule has 4 nitrogen and oxygen atoms in total. The summed E-state index contributed by atoms with van der Waals surface area (Å²) in [6.45, 7) is 0.245.